The lowest BCUT2D eigenvalue weighted by Crippen LogP contribution is -2.20. The van der Waals surface area contributed by atoms with E-state index in [1.165, 1.54) is 5.56 Å². The molecule has 0 aromatic heterocycles. The third-order valence-corrected chi connectivity index (χ3v) is 3.90. The van der Waals surface area contributed by atoms with Crippen molar-refractivity contribution in [1.29, 1.82) is 0 Å². The zero-order valence-corrected chi connectivity index (χ0v) is 14.4. The zero-order valence-electron chi connectivity index (χ0n) is 13.6. The summed E-state index contributed by atoms with van der Waals surface area (Å²) in [5.74, 6) is 0.238. The highest BCUT2D eigenvalue weighted by Crippen LogP contribution is 2.15. The van der Waals surface area contributed by atoms with Gasteiger partial charge in [0.15, 0.2) is 0 Å². The largest absolute Gasteiger partial charge is 0.271 e. The first-order valence-corrected chi connectivity index (χ1v) is 8.12. The van der Waals surface area contributed by atoms with Gasteiger partial charge in [-0.05, 0) is 47.7 Å². The maximum Gasteiger partial charge on any atom is 0.271 e. The van der Waals surface area contributed by atoms with E-state index in [-0.39, 0.29) is 5.91 Å². The Balaban J connectivity index is 2.10. The number of rotatable bonds is 5. The first-order valence-electron chi connectivity index (χ1n) is 7.74. The van der Waals surface area contributed by atoms with Crippen LogP contribution in [0.25, 0.3) is 0 Å². The molecule has 0 aliphatic carbocycles. The summed E-state index contributed by atoms with van der Waals surface area (Å²) >= 11 is 5.89. The lowest BCUT2D eigenvalue weighted by molar-refractivity contribution is 0.0955. The minimum Gasteiger partial charge on any atom is -0.267 e. The van der Waals surface area contributed by atoms with Crippen molar-refractivity contribution in [3.63, 3.8) is 0 Å². The van der Waals surface area contributed by atoms with Gasteiger partial charge in [-0.15, -0.1) is 0 Å². The Morgan fingerprint density at radius 2 is 1.61 bits per heavy atom. The summed E-state index contributed by atoms with van der Waals surface area (Å²) in [5, 5.41) is 4.93. The summed E-state index contributed by atoms with van der Waals surface area (Å²) in [4.78, 5) is 12.2. The first kappa shape index (κ1) is 17.2. The Kier molecular flexibility index (Phi) is 5.94. The second kappa shape index (κ2) is 7.93. The van der Waals surface area contributed by atoms with Crippen molar-refractivity contribution >= 4 is 23.2 Å². The standard InChI is InChI=1S/C19H21ClN2O/c1-4-18(15-9-11-17(20)12-10-15)21-22-19(23)16-7-5-14(6-8-16)13(2)3/h5-13H,4H2,1-3H3,(H,22,23). The molecule has 0 aliphatic rings. The number of amides is 1. The minimum absolute atomic E-state index is 0.208. The average Bonchev–Trinajstić information content (AvgIpc) is 2.56. The van der Waals surface area contributed by atoms with Gasteiger partial charge < -0.3 is 0 Å². The van der Waals surface area contributed by atoms with Gasteiger partial charge in [0, 0.05) is 10.6 Å². The van der Waals surface area contributed by atoms with Gasteiger partial charge >= 0.3 is 0 Å². The Morgan fingerprint density at radius 3 is 2.13 bits per heavy atom. The fourth-order valence-electron chi connectivity index (χ4n) is 2.19. The maximum atomic E-state index is 12.2. The van der Waals surface area contributed by atoms with Gasteiger partial charge in [0.2, 0.25) is 0 Å². The molecule has 3 nitrogen and oxygen atoms in total. The van der Waals surface area contributed by atoms with Crippen LogP contribution in [-0.2, 0) is 0 Å². The highest BCUT2D eigenvalue weighted by atomic mass is 35.5. The number of carbonyl (C=O) groups is 1. The molecule has 0 radical (unpaired) electrons. The number of nitrogens with one attached hydrogen (secondary N) is 1. The predicted molar refractivity (Wildman–Crippen MR) is 96.3 cm³/mol. The normalized spacial score (nSPS) is 11.6. The zero-order chi connectivity index (χ0) is 16.8. The fourth-order valence-corrected chi connectivity index (χ4v) is 2.32. The summed E-state index contributed by atoms with van der Waals surface area (Å²) in [6.07, 6.45) is 0.716. The summed E-state index contributed by atoms with van der Waals surface area (Å²) in [6, 6.07) is 15.0. The van der Waals surface area contributed by atoms with Crippen LogP contribution < -0.4 is 5.43 Å². The molecule has 4 heteroatoms. The highest BCUT2D eigenvalue weighted by molar-refractivity contribution is 6.30. The van der Waals surface area contributed by atoms with Crippen LogP contribution in [0.1, 0.15) is 54.6 Å². The van der Waals surface area contributed by atoms with E-state index < -0.39 is 0 Å². The van der Waals surface area contributed by atoms with Crippen LogP contribution in [-0.4, -0.2) is 11.6 Å². The van der Waals surface area contributed by atoms with E-state index in [1.54, 1.807) is 0 Å². The summed E-state index contributed by atoms with van der Waals surface area (Å²) in [7, 11) is 0. The SMILES string of the molecule is CCC(=NNC(=O)c1ccc(C(C)C)cc1)c1ccc(Cl)cc1. The molecular formula is C19H21ClN2O. The van der Waals surface area contributed by atoms with Crippen LogP contribution >= 0.6 is 11.6 Å². The minimum atomic E-state index is -0.208. The van der Waals surface area contributed by atoms with Crippen LogP contribution in [0.4, 0.5) is 0 Å². The van der Waals surface area contributed by atoms with Crippen LogP contribution in [0, 0.1) is 0 Å². The molecule has 0 fully saturated rings. The summed E-state index contributed by atoms with van der Waals surface area (Å²) in [5.41, 5.74) is 6.20. The molecule has 0 aliphatic heterocycles. The third-order valence-electron chi connectivity index (χ3n) is 3.64. The molecule has 23 heavy (non-hydrogen) atoms. The number of hydrogen-bond donors (Lipinski definition) is 1. The van der Waals surface area contributed by atoms with Crippen molar-refractivity contribution in [1.82, 2.24) is 5.43 Å². The molecular weight excluding hydrogens is 308 g/mol. The van der Waals surface area contributed by atoms with Gasteiger partial charge in [-0.1, -0.05) is 56.6 Å². The first-order chi connectivity index (χ1) is 11.0. The van der Waals surface area contributed by atoms with Crippen molar-refractivity contribution in [2.75, 3.05) is 0 Å². The lowest BCUT2D eigenvalue weighted by Gasteiger charge is -2.07. The quantitative estimate of drug-likeness (QED) is 0.608. The number of halogens is 1. The monoisotopic (exact) mass is 328 g/mol. The summed E-state index contributed by atoms with van der Waals surface area (Å²) in [6.45, 7) is 6.25. The molecule has 0 unspecified atom stereocenters. The molecule has 0 bridgehead atoms. The molecule has 2 rings (SSSR count). The average molecular weight is 329 g/mol. The fraction of sp³-hybridized carbons (Fsp3) is 0.263. The van der Waals surface area contributed by atoms with E-state index in [1.807, 2.05) is 55.5 Å². The smallest absolute Gasteiger partial charge is 0.267 e. The molecule has 1 amide bonds. The van der Waals surface area contributed by atoms with Gasteiger partial charge in [-0.2, -0.15) is 5.10 Å². The molecule has 0 saturated carbocycles. The molecule has 0 atom stereocenters. The van der Waals surface area contributed by atoms with Crippen LogP contribution in [0.5, 0.6) is 0 Å². The van der Waals surface area contributed by atoms with Gasteiger partial charge in [-0.3, -0.25) is 4.79 Å². The van der Waals surface area contributed by atoms with Crippen LogP contribution in [0.2, 0.25) is 5.02 Å². The van der Waals surface area contributed by atoms with Crippen molar-refractivity contribution in [3.05, 3.63) is 70.2 Å². The number of benzene rings is 2. The highest BCUT2D eigenvalue weighted by Gasteiger charge is 2.07. The van der Waals surface area contributed by atoms with Gasteiger partial charge in [0.25, 0.3) is 5.91 Å². The molecule has 120 valence electrons. The predicted octanol–water partition coefficient (Wildman–Crippen LogP) is 5.01. The van der Waals surface area contributed by atoms with E-state index in [0.29, 0.717) is 22.9 Å². The number of hydrogen-bond acceptors (Lipinski definition) is 2. The van der Waals surface area contributed by atoms with Crippen molar-refractivity contribution in [3.8, 4) is 0 Å². The van der Waals surface area contributed by atoms with Crippen LogP contribution in [0.15, 0.2) is 53.6 Å². The second-order valence-electron chi connectivity index (χ2n) is 5.64. The third kappa shape index (κ3) is 4.67. The van der Waals surface area contributed by atoms with Crippen molar-refractivity contribution < 1.29 is 4.79 Å². The molecule has 2 aromatic carbocycles. The van der Waals surface area contributed by atoms with Crippen molar-refractivity contribution in [2.45, 2.75) is 33.1 Å². The number of hydrazone groups is 1. The second-order valence-corrected chi connectivity index (χ2v) is 6.07. The Bertz CT molecular complexity index is 688. The van der Waals surface area contributed by atoms with Gasteiger partial charge in [-0.25, -0.2) is 5.43 Å². The van der Waals surface area contributed by atoms with E-state index in [9.17, 15) is 4.79 Å². The van der Waals surface area contributed by atoms with Gasteiger partial charge in [0.05, 0.1) is 5.71 Å². The van der Waals surface area contributed by atoms with Gasteiger partial charge in [0.1, 0.15) is 0 Å². The van der Waals surface area contributed by atoms with Crippen LogP contribution in [0.3, 0.4) is 0 Å². The molecule has 0 heterocycles. The molecule has 0 saturated heterocycles. The topological polar surface area (TPSA) is 41.5 Å². The van der Waals surface area contributed by atoms with E-state index in [4.69, 9.17) is 11.6 Å². The van der Waals surface area contributed by atoms with E-state index in [0.717, 1.165) is 11.3 Å². The van der Waals surface area contributed by atoms with E-state index in [2.05, 4.69) is 24.4 Å². The van der Waals surface area contributed by atoms with E-state index >= 15 is 0 Å². The Labute approximate surface area is 142 Å². The van der Waals surface area contributed by atoms with Crippen molar-refractivity contribution in [2.24, 2.45) is 5.10 Å². The number of carbonyl (C=O) groups excluding carboxylic acids is 1. The number of nitrogens with zero attached hydrogens (tertiary/aromatic N) is 1. The maximum absolute atomic E-state index is 12.2. The Hall–Kier alpha value is -2.13. The summed E-state index contributed by atoms with van der Waals surface area (Å²) < 4.78 is 0. The molecule has 2 aromatic rings. The lowest BCUT2D eigenvalue weighted by atomic mass is 10.0. The Morgan fingerprint density at radius 1 is 1.04 bits per heavy atom. The molecule has 0 spiro atoms. The molecule has 1 N–H and O–H groups in total.